The van der Waals surface area contributed by atoms with E-state index >= 15 is 0 Å². The lowest BCUT2D eigenvalue weighted by molar-refractivity contribution is 0.0694. The molecule has 2 aromatic heterocycles. The van der Waals surface area contributed by atoms with Gasteiger partial charge in [0.15, 0.2) is 0 Å². The number of aryl methyl sites for hydroxylation is 1. The highest BCUT2D eigenvalue weighted by Gasteiger charge is 2.22. The van der Waals surface area contributed by atoms with Gasteiger partial charge in [-0.1, -0.05) is 26.8 Å². The average molecular weight is 477 g/mol. The Balaban J connectivity index is 1.56. The normalized spacial score (nSPS) is 11.6. The first-order chi connectivity index (χ1) is 16.6. The molecule has 2 N–H and O–H groups in total. The van der Waals surface area contributed by atoms with Gasteiger partial charge in [0.2, 0.25) is 0 Å². The Hall–Kier alpha value is -3.94. The van der Waals surface area contributed by atoms with Crippen molar-refractivity contribution in [3.05, 3.63) is 71.4 Å². The monoisotopic (exact) mass is 476 g/mol. The second-order valence-corrected chi connectivity index (χ2v) is 9.48. The van der Waals surface area contributed by atoms with Crippen molar-refractivity contribution in [2.75, 3.05) is 19.0 Å². The molecule has 4 aromatic rings. The van der Waals surface area contributed by atoms with E-state index in [1.165, 1.54) is 12.4 Å². The summed E-state index contributed by atoms with van der Waals surface area (Å²) < 4.78 is 21.9. The van der Waals surface area contributed by atoms with E-state index in [9.17, 15) is 14.3 Å². The lowest BCUT2D eigenvalue weighted by Crippen LogP contribution is -2.17. The number of aromatic carboxylic acids is 1. The van der Waals surface area contributed by atoms with Gasteiger partial charge in [-0.3, -0.25) is 0 Å². The predicted molar refractivity (Wildman–Crippen MR) is 135 cm³/mol. The third kappa shape index (κ3) is 4.82. The molecule has 0 unspecified atom stereocenters. The van der Waals surface area contributed by atoms with Crippen LogP contribution in [0.5, 0.6) is 5.75 Å². The first-order valence-electron chi connectivity index (χ1n) is 11.4. The quantitative estimate of drug-likeness (QED) is 0.358. The number of methoxy groups -OCH3 is 1. The number of carboxylic acids is 1. The van der Waals surface area contributed by atoms with Crippen LogP contribution in [0.2, 0.25) is 0 Å². The zero-order valence-electron chi connectivity index (χ0n) is 20.5. The lowest BCUT2D eigenvalue weighted by Gasteiger charge is -2.22. The van der Waals surface area contributed by atoms with Crippen LogP contribution >= 0.6 is 0 Å². The van der Waals surface area contributed by atoms with Crippen molar-refractivity contribution < 1.29 is 19.0 Å². The SMILES string of the molecule is COc1ccc(F)c2c1cc(C)n2CCNc1cc(-c2ccc(C(=O)O)c(C(C)(C)C)c2)ncn1. The number of ether oxygens (including phenoxy) is 1. The van der Waals surface area contributed by atoms with E-state index in [1.807, 2.05) is 50.5 Å². The van der Waals surface area contributed by atoms with Crippen LogP contribution < -0.4 is 10.1 Å². The fourth-order valence-electron chi connectivity index (χ4n) is 4.32. The van der Waals surface area contributed by atoms with Crippen molar-refractivity contribution in [2.24, 2.45) is 0 Å². The average Bonchev–Trinajstić information content (AvgIpc) is 3.15. The first-order valence-corrected chi connectivity index (χ1v) is 11.4. The third-order valence-electron chi connectivity index (χ3n) is 6.06. The molecule has 0 saturated carbocycles. The highest BCUT2D eigenvalue weighted by Crippen LogP contribution is 2.32. The molecule has 0 radical (unpaired) electrons. The standard InChI is InChI=1S/C27H29FN4O3/c1-16-12-19-23(35-5)9-8-21(28)25(19)32(16)11-10-29-24-14-22(30-15-31-24)17-6-7-18(26(33)34)20(13-17)27(2,3)4/h6-9,12-15H,10-11H2,1-5H3,(H,33,34)(H,29,30,31). The molecule has 0 aliphatic heterocycles. The molecule has 0 saturated heterocycles. The van der Waals surface area contributed by atoms with E-state index in [0.717, 1.165) is 22.2 Å². The summed E-state index contributed by atoms with van der Waals surface area (Å²) >= 11 is 0. The molecular weight excluding hydrogens is 447 g/mol. The van der Waals surface area contributed by atoms with E-state index in [0.29, 0.717) is 35.9 Å². The van der Waals surface area contributed by atoms with Gasteiger partial charge < -0.3 is 19.7 Å². The second kappa shape index (κ2) is 9.37. The Morgan fingerprint density at radius 2 is 1.91 bits per heavy atom. The molecule has 0 spiro atoms. The molecule has 4 rings (SSSR count). The maximum Gasteiger partial charge on any atom is 0.335 e. The second-order valence-electron chi connectivity index (χ2n) is 9.48. The molecule has 2 heterocycles. The zero-order chi connectivity index (χ0) is 25.3. The predicted octanol–water partition coefficient (Wildman–Crippen LogP) is 5.66. The van der Waals surface area contributed by atoms with Gasteiger partial charge >= 0.3 is 5.97 Å². The van der Waals surface area contributed by atoms with E-state index in [-0.39, 0.29) is 16.8 Å². The summed E-state index contributed by atoms with van der Waals surface area (Å²) in [5, 5.41) is 13.6. The number of benzene rings is 2. The summed E-state index contributed by atoms with van der Waals surface area (Å²) in [6.45, 7) is 8.93. The highest BCUT2D eigenvalue weighted by molar-refractivity contribution is 5.91. The molecule has 8 heteroatoms. The van der Waals surface area contributed by atoms with Gasteiger partial charge in [0.1, 0.15) is 23.7 Å². The highest BCUT2D eigenvalue weighted by atomic mass is 19.1. The number of fused-ring (bicyclic) bond motifs is 1. The molecule has 0 aliphatic rings. The van der Waals surface area contributed by atoms with E-state index < -0.39 is 5.97 Å². The number of hydrogen-bond donors (Lipinski definition) is 2. The molecule has 0 fully saturated rings. The first kappa shape index (κ1) is 24.2. The number of anilines is 1. The Morgan fingerprint density at radius 3 is 2.60 bits per heavy atom. The summed E-state index contributed by atoms with van der Waals surface area (Å²) in [5.41, 5.74) is 3.62. The minimum Gasteiger partial charge on any atom is -0.496 e. The molecule has 0 amide bonds. The molecule has 0 atom stereocenters. The van der Waals surface area contributed by atoms with Crippen molar-refractivity contribution in [3.8, 4) is 17.0 Å². The fraction of sp³-hybridized carbons (Fsp3) is 0.296. The van der Waals surface area contributed by atoms with Crippen LogP contribution in [-0.4, -0.2) is 39.3 Å². The fourth-order valence-corrected chi connectivity index (χ4v) is 4.32. The Morgan fingerprint density at radius 1 is 1.14 bits per heavy atom. The van der Waals surface area contributed by atoms with Gasteiger partial charge in [-0.2, -0.15) is 0 Å². The number of carboxylic acid groups (broad SMARTS) is 1. The van der Waals surface area contributed by atoms with Gasteiger partial charge in [0.05, 0.1) is 23.9 Å². The molecule has 0 aliphatic carbocycles. The molecule has 35 heavy (non-hydrogen) atoms. The van der Waals surface area contributed by atoms with Crippen molar-refractivity contribution in [3.63, 3.8) is 0 Å². The Labute approximate surface area is 203 Å². The number of nitrogens with zero attached hydrogens (tertiary/aromatic N) is 3. The van der Waals surface area contributed by atoms with Crippen LogP contribution in [0.4, 0.5) is 10.2 Å². The third-order valence-corrected chi connectivity index (χ3v) is 6.06. The van der Waals surface area contributed by atoms with Crippen LogP contribution in [0.3, 0.4) is 0 Å². The zero-order valence-corrected chi connectivity index (χ0v) is 20.5. The number of carbonyl (C=O) groups is 1. The van der Waals surface area contributed by atoms with Crippen LogP contribution in [0.15, 0.2) is 48.8 Å². The van der Waals surface area contributed by atoms with Crippen LogP contribution in [0.1, 0.15) is 42.4 Å². The van der Waals surface area contributed by atoms with Gasteiger partial charge in [-0.15, -0.1) is 0 Å². The minimum atomic E-state index is -0.951. The van der Waals surface area contributed by atoms with Crippen LogP contribution in [0.25, 0.3) is 22.2 Å². The van der Waals surface area contributed by atoms with Gasteiger partial charge in [0, 0.05) is 35.8 Å². The molecule has 2 aromatic carbocycles. The van der Waals surface area contributed by atoms with Crippen molar-refractivity contribution in [1.29, 1.82) is 0 Å². The summed E-state index contributed by atoms with van der Waals surface area (Å²) in [6, 6.07) is 12.1. The summed E-state index contributed by atoms with van der Waals surface area (Å²) in [7, 11) is 1.58. The van der Waals surface area contributed by atoms with Gasteiger partial charge in [-0.25, -0.2) is 19.2 Å². The maximum absolute atomic E-state index is 14.6. The van der Waals surface area contributed by atoms with Crippen molar-refractivity contribution in [1.82, 2.24) is 14.5 Å². The number of rotatable bonds is 7. The van der Waals surface area contributed by atoms with Crippen molar-refractivity contribution in [2.45, 2.75) is 39.7 Å². The minimum absolute atomic E-state index is 0.284. The smallest absolute Gasteiger partial charge is 0.335 e. The van der Waals surface area contributed by atoms with E-state index in [2.05, 4.69) is 15.3 Å². The van der Waals surface area contributed by atoms with E-state index in [1.54, 1.807) is 25.3 Å². The van der Waals surface area contributed by atoms with Gasteiger partial charge in [0.25, 0.3) is 0 Å². The number of aromatic nitrogens is 3. The largest absolute Gasteiger partial charge is 0.496 e. The topological polar surface area (TPSA) is 89.3 Å². The molecule has 182 valence electrons. The summed E-state index contributed by atoms with van der Waals surface area (Å²) in [5.74, 6) is 0.0214. The molecule has 0 bridgehead atoms. The summed E-state index contributed by atoms with van der Waals surface area (Å²) in [6.07, 6.45) is 1.47. The van der Waals surface area contributed by atoms with Crippen molar-refractivity contribution >= 4 is 22.7 Å². The lowest BCUT2D eigenvalue weighted by atomic mass is 9.82. The maximum atomic E-state index is 14.6. The van der Waals surface area contributed by atoms with Crippen LogP contribution in [-0.2, 0) is 12.0 Å². The summed E-state index contributed by atoms with van der Waals surface area (Å²) in [4.78, 5) is 20.4. The van der Waals surface area contributed by atoms with Gasteiger partial charge in [-0.05, 0) is 48.2 Å². The Kier molecular flexibility index (Phi) is 6.47. The Bertz CT molecular complexity index is 1410. The van der Waals surface area contributed by atoms with E-state index in [4.69, 9.17) is 4.74 Å². The number of nitrogens with one attached hydrogen (secondary N) is 1. The molecule has 7 nitrogen and oxygen atoms in total. The van der Waals surface area contributed by atoms with Crippen LogP contribution in [0, 0.1) is 12.7 Å². The molecular formula is C27H29FN4O3. The number of halogens is 1. The number of hydrogen-bond acceptors (Lipinski definition) is 5.